The number of halogens is 4. The van der Waals surface area contributed by atoms with Crippen molar-refractivity contribution in [3.63, 3.8) is 0 Å². The lowest BCUT2D eigenvalue weighted by Crippen LogP contribution is -2.17. The van der Waals surface area contributed by atoms with E-state index in [4.69, 9.17) is 4.74 Å². The lowest BCUT2D eigenvalue weighted by atomic mass is 10.3. The molecule has 1 heterocycles. The maximum absolute atomic E-state index is 13.1. The van der Waals surface area contributed by atoms with Gasteiger partial charge in [-0.1, -0.05) is 25.5 Å². The number of rotatable bonds is 6. The van der Waals surface area contributed by atoms with Crippen molar-refractivity contribution in [3.05, 3.63) is 40.5 Å². The highest BCUT2D eigenvalue weighted by molar-refractivity contribution is 9.10. The van der Waals surface area contributed by atoms with Gasteiger partial charge in [0.05, 0.1) is 12.3 Å². The summed E-state index contributed by atoms with van der Waals surface area (Å²) in [5.41, 5.74) is -0.236. The van der Waals surface area contributed by atoms with Crippen LogP contribution in [-0.4, -0.2) is 23.6 Å². The summed E-state index contributed by atoms with van der Waals surface area (Å²) in [6, 6.07) is 7.30. The van der Waals surface area contributed by atoms with Crippen LogP contribution in [0.1, 0.15) is 25.3 Å². The topological polar surface area (TPSA) is 38.2 Å². The minimum absolute atomic E-state index is 0.126. The van der Waals surface area contributed by atoms with Crippen LogP contribution in [0.15, 0.2) is 34.9 Å². The molecular formula is C16H17BrF3N3O. The molecule has 4 nitrogen and oxygen atoms in total. The lowest BCUT2D eigenvalue weighted by molar-refractivity contribution is -0.139. The van der Waals surface area contributed by atoms with Crippen LogP contribution in [0.4, 0.5) is 24.8 Å². The number of para-hydroxylation sites is 1. The Balaban J connectivity index is 2.38. The molecule has 0 radical (unpaired) electrons. The molecule has 8 heteroatoms. The molecule has 0 aliphatic carbocycles. The van der Waals surface area contributed by atoms with Crippen LogP contribution in [0.3, 0.4) is 0 Å². The number of nitrogens with zero attached hydrogens (tertiary/aromatic N) is 3. The Labute approximate surface area is 146 Å². The zero-order valence-electron chi connectivity index (χ0n) is 13.3. The van der Waals surface area contributed by atoms with E-state index < -0.39 is 17.6 Å². The van der Waals surface area contributed by atoms with Crippen molar-refractivity contribution in [3.8, 4) is 5.88 Å². The summed E-state index contributed by atoms with van der Waals surface area (Å²) < 4.78 is 45.3. The maximum atomic E-state index is 13.1. The number of ether oxygens (including phenoxy) is 1. The minimum atomic E-state index is -4.56. The fourth-order valence-corrected chi connectivity index (χ4v) is 2.52. The lowest BCUT2D eigenvalue weighted by Gasteiger charge is -2.20. The molecule has 2 aromatic rings. The summed E-state index contributed by atoms with van der Waals surface area (Å²) in [7, 11) is 1.68. The van der Waals surface area contributed by atoms with Gasteiger partial charge >= 0.3 is 6.18 Å². The number of anilines is 2. The Morgan fingerprint density at radius 1 is 1.25 bits per heavy atom. The van der Waals surface area contributed by atoms with E-state index in [0.717, 1.165) is 22.8 Å². The van der Waals surface area contributed by atoms with Gasteiger partial charge in [-0.3, -0.25) is 0 Å². The smallest absolute Gasteiger partial charge is 0.423 e. The second-order valence-corrected chi connectivity index (χ2v) is 5.95. The Morgan fingerprint density at radius 3 is 2.58 bits per heavy atom. The van der Waals surface area contributed by atoms with Crippen LogP contribution >= 0.6 is 15.9 Å². The van der Waals surface area contributed by atoms with Gasteiger partial charge < -0.3 is 9.64 Å². The molecule has 0 unspecified atom stereocenters. The molecule has 0 saturated carbocycles. The normalized spacial score (nSPS) is 11.4. The number of aromatic nitrogens is 2. The molecule has 0 atom stereocenters. The molecular weight excluding hydrogens is 387 g/mol. The zero-order chi connectivity index (χ0) is 17.7. The third-order valence-corrected chi connectivity index (χ3v) is 3.97. The van der Waals surface area contributed by atoms with Crippen molar-refractivity contribution in [2.75, 3.05) is 18.6 Å². The highest BCUT2D eigenvalue weighted by atomic mass is 79.9. The van der Waals surface area contributed by atoms with Crippen LogP contribution < -0.4 is 9.64 Å². The Bertz CT molecular complexity index is 695. The summed E-state index contributed by atoms with van der Waals surface area (Å²) >= 11 is 3.40. The van der Waals surface area contributed by atoms with E-state index >= 15 is 0 Å². The van der Waals surface area contributed by atoms with Gasteiger partial charge in [0, 0.05) is 17.7 Å². The standard InChI is InChI=1S/C16H17BrF3N3O/c1-3-4-9-24-14-11(16(18,19)20)10-21-15(22-14)23(2)13-8-6-5-7-12(13)17/h5-8,10H,3-4,9H2,1-2H3. The second kappa shape index (κ2) is 7.83. The molecule has 0 amide bonds. The SMILES string of the molecule is CCCCOc1nc(N(C)c2ccccc2Br)ncc1C(F)(F)F. The summed E-state index contributed by atoms with van der Waals surface area (Å²) in [5, 5.41) is 0. The van der Waals surface area contributed by atoms with Gasteiger partial charge in [0.2, 0.25) is 11.8 Å². The van der Waals surface area contributed by atoms with Crippen molar-refractivity contribution in [1.82, 2.24) is 9.97 Å². The first-order valence-electron chi connectivity index (χ1n) is 7.40. The first-order valence-corrected chi connectivity index (χ1v) is 8.19. The Hall–Kier alpha value is -1.83. The predicted molar refractivity (Wildman–Crippen MR) is 89.6 cm³/mol. The maximum Gasteiger partial charge on any atom is 0.423 e. The van der Waals surface area contributed by atoms with E-state index in [9.17, 15) is 13.2 Å². The summed E-state index contributed by atoms with van der Waals surface area (Å²) in [5.74, 6) is -0.318. The minimum Gasteiger partial charge on any atom is -0.477 e. The van der Waals surface area contributed by atoms with Crippen molar-refractivity contribution in [1.29, 1.82) is 0 Å². The Morgan fingerprint density at radius 2 is 1.96 bits per heavy atom. The Kier molecular flexibility index (Phi) is 6.04. The molecule has 0 aliphatic rings. The molecule has 130 valence electrons. The average Bonchev–Trinajstić information content (AvgIpc) is 2.54. The average molecular weight is 404 g/mol. The first kappa shape index (κ1) is 18.5. The highest BCUT2D eigenvalue weighted by Crippen LogP contribution is 2.36. The van der Waals surface area contributed by atoms with E-state index in [-0.39, 0.29) is 12.6 Å². The van der Waals surface area contributed by atoms with E-state index in [2.05, 4.69) is 25.9 Å². The highest BCUT2D eigenvalue weighted by Gasteiger charge is 2.36. The summed E-state index contributed by atoms with van der Waals surface area (Å²) in [4.78, 5) is 9.42. The number of hydrogen-bond donors (Lipinski definition) is 0. The fourth-order valence-electron chi connectivity index (χ4n) is 1.97. The number of hydrogen-bond acceptors (Lipinski definition) is 4. The predicted octanol–water partition coefficient (Wildman–Crippen LogP) is 5.20. The molecule has 1 aromatic carbocycles. The van der Waals surface area contributed by atoms with Crippen molar-refractivity contribution < 1.29 is 17.9 Å². The number of benzene rings is 1. The molecule has 0 aliphatic heterocycles. The molecule has 1 aromatic heterocycles. The molecule has 0 N–H and O–H groups in total. The van der Waals surface area contributed by atoms with Gasteiger partial charge in [0.15, 0.2) is 0 Å². The van der Waals surface area contributed by atoms with Gasteiger partial charge in [-0.15, -0.1) is 0 Å². The molecule has 24 heavy (non-hydrogen) atoms. The van der Waals surface area contributed by atoms with Crippen LogP contribution in [0.25, 0.3) is 0 Å². The zero-order valence-corrected chi connectivity index (χ0v) is 14.9. The van der Waals surface area contributed by atoms with Gasteiger partial charge in [0.25, 0.3) is 0 Å². The van der Waals surface area contributed by atoms with Gasteiger partial charge in [-0.05, 0) is 34.5 Å². The van der Waals surface area contributed by atoms with E-state index in [1.807, 2.05) is 31.2 Å². The molecule has 0 saturated heterocycles. The first-order chi connectivity index (χ1) is 11.3. The number of alkyl halides is 3. The summed E-state index contributed by atoms with van der Waals surface area (Å²) in [6.45, 7) is 2.11. The summed E-state index contributed by atoms with van der Waals surface area (Å²) in [6.07, 6.45) is -2.34. The van der Waals surface area contributed by atoms with E-state index in [1.54, 1.807) is 11.9 Å². The van der Waals surface area contributed by atoms with Gasteiger partial charge in [-0.2, -0.15) is 18.2 Å². The largest absolute Gasteiger partial charge is 0.477 e. The monoisotopic (exact) mass is 403 g/mol. The second-order valence-electron chi connectivity index (χ2n) is 5.10. The molecule has 0 bridgehead atoms. The van der Waals surface area contributed by atoms with E-state index in [0.29, 0.717) is 6.42 Å². The van der Waals surface area contributed by atoms with Crippen molar-refractivity contribution in [2.24, 2.45) is 0 Å². The molecule has 0 spiro atoms. The van der Waals surface area contributed by atoms with Crippen LogP contribution in [-0.2, 0) is 6.18 Å². The van der Waals surface area contributed by atoms with Gasteiger partial charge in [-0.25, -0.2) is 4.98 Å². The van der Waals surface area contributed by atoms with Crippen molar-refractivity contribution in [2.45, 2.75) is 25.9 Å². The molecule has 0 fully saturated rings. The van der Waals surface area contributed by atoms with Crippen LogP contribution in [0.2, 0.25) is 0 Å². The van der Waals surface area contributed by atoms with Crippen LogP contribution in [0.5, 0.6) is 5.88 Å². The quantitative estimate of drug-likeness (QED) is 0.620. The fraction of sp³-hybridized carbons (Fsp3) is 0.375. The third-order valence-electron chi connectivity index (χ3n) is 3.30. The third kappa shape index (κ3) is 4.37. The molecule has 2 rings (SSSR count). The van der Waals surface area contributed by atoms with Crippen LogP contribution in [0, 0.1) is 0 Å². The number of unbranched alkanes of at least 4 members (excludes halogenated alkanes) is 1. The van der Waals surface area contributed by atoms with Crippen molar-refractivity contribution >= 4 is 27.6 Å². The van der Waals surface area contributed by atoms with Gasteiger partial charge in [0.1, 0.15) is 5.56 Å². The van der Waals surface area contributed by atoms with E-state index in [1.165, 1.54) is 0 Å².